The van der Waals surface area contributed by atoms with Gasteiger partial charge in [0, 0.05) is 12.6 Å². The highest BCUT2D eigenvalue weighted by Crippen LogP contribution is 2.66. The number of aromatic amines is 1. The van der Waals surface area contributed by atoms with E-state index in [0.717, 1.165) is 27.1 Å². The SMILES string of the molecule is CC1C=Cc2cc3ccc4ccc(/C=C/N5CN(C6CC(O)C(COP(=O)(O)OP(=O)(O)OP(=O)(O)O)O6)c6nc(N)[nH]c(=O)c65)cc4c3cc21. The zero-order chi connectivity index (χ0) is 36.5. The minimum absolute atomic E-state index is 0.0267. The molecule has 4 aromatic rings. The van der Waals surface area contributed by atoms with Gasteiger partial charge in [-0.1, -0.05) is 43.3 Å². The Morgan fingerprint density at radius 1 is 1.04 bits per heavy atom. The number of hydrogen-bond acceptors (Lipinski definition) is 13. The molecule has 51 heavy (non-hydrogen) atoms. The second-order valence-corrected chi connectivity index (χ2v) is 16.7. The summed E-state index contributed by atoms with van der Waals surface area (Å²) in [5, 5.41) is 15.1. The Hall–Kier alpha value is -3.73. The molecule has 6 unspecified atom stereocenters. The van der Waals surface area contributed by atoms with Crippen LogP contribution in [0.5, 0.6) is 0 Å². The Bertz CT molecular complexity index is 2330. The van der Waals surface area contributed by atoms with Crippen LogP contribution in [-0.4, -0.2) is 66.4 Å². The molecular formula is C30H32N5O13P3. The number of aliphatic hydroxyl groups excluding tert-OH is 1. The number of anilines is 3. The van der Waals surface area contributed by atoms with Crippen LogP contribution in [0.4, 0.5) is 17.5 Å². The van der Waals surface area contributed by atoms with E-state index in [4.69, 9.17) is 20.3 Å². The van der Waals surface area contributed by atoms with Gasteiger partial charge in [-0.15, -0.1) is 0 Å². The molecule has 6 atom stereocenters. The van der Waals surface area contributed by atoms with E-state index in [0.29, 0.717) is 5.92 Å². The van der Waals surface area contributed by atoms with Crippen molar-refractivity contribution in [1.82, 2.24) is 9.97 Å². The van der Waals surface area contributed by atoms with Crippen LogP contribution >= 0.6 is 23.5 Å². The Kier molecular flexibility index (Phi) is 9.12. The largest absolute Gasteiger partial charge is 0.490 e. The van der Waals surface area contributed by atoms with Gasteiger partial charge in [-0.2, -0.15) is 13.6 Å². The zero-order valence-corrected chi connectivity index (χ0v) is 29.2. The molecular weight excluding hydrogens is 731 g/mol. The van der Waals surface area contributed by atoms with E-state index in [-0.39, 0.29) is 30.5 Å². The van der Waals surface area contributed by atoms with E-state index >= 15 is 0 Å². The molecule has 0 saturated carbocycles. The average Bonchev–Trinajstić information content (AvgIpc) is 3.70. The summed E-state index contributed by atoms with van der Waals surface area (Å²) in [6, 6.07) is 14.7. The quantitative estimate of drug-likeness (QED) is 0.0892. The number of hydrogen-bond donors (Lipinski definition) is 7. The van der Waals surface area contributed by atoms with Crippen LogP contribution in [0.3, 0.4) is 0 Å². The lowest BCUT2D eigenvalue weighted by Crippen LogP contribution is -2.38. The van der Waals surface area contributed by atoms with E-state index in [2.05, 4.69) is 72.5 Å². The van der Waals surface area contributed by atoms with E-state index < -0.39 is 54.1 Å². The summed E-state index contributed by atoms with van der Waals surface area (Å²) in [4.78, 5) is 59.7. The number of ether oxygens (including phenoxy) is 1. The van der Waals surface area contributed by atoms with Gasteiger partial charge < -0.3 is 45.0 Å². The van der Waals surface area contributed by atoms with Gasteiger partial charge in [-0.3, -0.25) is 14.3 Å². The highest BCUT2D eigenvalue weighted by Gasteiger charge is 2.45. The van der Waals surface area contributed by atoms with Gasteiger partial charge in [0.05, 0.1) is 19.4 Å². The summed E-state index contributed by atoms with van der Waals surface area (Å²) >= 11 is 0. The van der Waals surface area contributed by atoms with E-state index in [1.807, 2.05) is 18.2 Å². The Labute approximate surface area is 288 Å². The highest BCUT2D eigenvalue weighted by molar-refractivity contribution is 7.66. The van der Waals surface area contributed by atoms with Crippen LogP contribution < -0.4 is 21.1 Å². The van der Waals surface area contributed by atoms with Crippen LogP contribution in [-0.2, 0) is 31.6 Å². The van der Waals surface area contributed by atoms with Gasteiger partial charge >= 0.3 is 23.5 Å². The Morgan fingerprint density at radius 3 is 2.53 bits per heavy atom. The van der Waals surface area contributed by atoms with Crippen molar-refractivity contribution in [2.75, 3.05) is 28.8 Å². The van der Waals surface area contributed by atoms with Crippen molar-refractivity contribution in [2.24, 2.45) is 0 Å². The van der Waals surface area contributed by atoms with Crippen LogP contribution in [0.1, 0.15) is 36.0 Å². The number of phosphoric ester groups is 1. The summed E-state index contributed by atoms with van der Waals surface area (Å²) in [7, 11) is -16.8. The first-order valence-corrected chi connectivity index (χ1v) is 19.9. The molecule has 21 heteroatoms. The number of aromatic nitrogens is 2. The Morgan fingerprint density at radius 2 is 1.76 bits per heavy atom. The summed E-state index contributed by atoms with van der Waals surface area (Å²) in [6.45, 7) is 1.33. The number of H-pyrrole nitrogens is 1. The van der Waals surface area contributed by atoms with E-state index in [1.54, 1.807) is 16.0 Å². The van der Waals surface area contributed by atoms with Crippen molar-refractivity contribution in [3.8, 4) is 0 Å². The van der Waals surface area contributed by atoms with Crippen LogP contribution in [0.25, 0.3) is 33.7 Å². The van der Waals surface area contributed by atoms with Crippen molar-refractivity contribution in [2.45, 2.75) is 37.7 Å². The first kappa shape index (κ1) is 35.7. The number of phosphoric acid groups is 3. The normalized spacial score (nSPS) is 24.0. The summed E-state index contributed by atoms with van der Waals surface area (Å²) in [5.74, 6) is 0.298. The molecule has 1 saturated heterocycles. The van der Waals surface area contributed by atoms with Gasteiger partial charge in [-0.25, -0.2) is 13.7 Å². The Balaban J connectivity index is 1.10. The lowest BCUT2D eigenvalue weighted by Gasteiger charge is -2.25. The molecule has 0 radical (unpaired) electrons. The number of nitrogens with two attached hydrogens (primary N) is 1. The number of aliphatic hydroxyl groups is 1. The van der Waals surface area contributed by atoms with Gasteiger partial charge in [0.25, 0.3) is 5.56 Å². The van der Waals surface area contributed by atoms with Gasteiger partial charge in [0.1, 0.15) is 12.3 Å². The van der Waals surface area contributed by atoms with Crippen molar-refractivity contribution in [1.29, 1.82) is 0 Å². The van der Waals surface area contributed by atoms with Crippen LogP contribution in [0, 0.1) is 0 Å². The number of fused-ring (bicyclic) bond motifs is 5. The number of nitrogen functional groups attached to an aromatic ring is 1. The highest BCUT2D eigenvalue weighted by atomic mass is 31.3. The maximum atomic E-state index is 13.1. The molecule has 0 amide bonds. The summed E-state index contributed by atoms with van der Waals surface area (Å²) < 4.78 is 52.7. The van der Waals surface area contributed by atoms with Crippen molar-refractivity contribution < 1.29 is 56.3 Å². The maximum absolute atomic E-state index is 13.1. The van der Waals surface area contributed by atoms with Crippen LogP contribution in [0.15, 0.2) is 59.5 Å². The van der Waals surface area contributed by atoms with Gasteiger partial charge in [0.15, 0.2) is 11.5 Å². The molecule has 1 aliphatic carbocycles. The third-order valence-electron chi connectivity index (χ3n) is 8.70. The van der Waals surface area contributed by atoms with E-state index in [1.165, 1.54) is 11.1 Å². The fraction of sp³-hybridized carbons (Fsp3) is 0.267. The second kappa shape index (κ2) is 13.0. The topological polar surface area (TPSA) is 268 Å². The molecule has 3 heterocycles. The molecule has 270 valence electrons. The number of nitrogens with zero attached hydrogens (tertiary/aromatic N) is 3. The van der Waals surface area contributed by atoms with Crippen molar-refractivity contribution >= 4 is 74.6 Å². The van der Waals surface area contributed by atoms with Crippen LogP contribution in [0.2, 0.25) is 0 Å². The fourth-order valence-corrected chi connectivity index (χ4v) is 9.46. The monoisotopic (exact) mass is 763 g/mol. The predicted molar refractivity (Wildman–Crippen MR) is 186 cm³/mol. The maximum Gasteiger partial charge on any atom is 0.490 e. The smallest absolute Gasteiger partial charge is 0.390 e. The number of benzene rings is 3. The molecule has 1 fully saturated rings. The number of allylic oxidation sites excluding steroid dienone is 1. The van der Waals surface area contributed by atoms with Gasteiger partial charge in [-0.05, 0) is 68.4 Å². The van der Waals surface area contributed by atoms with Gasteiger partial charge in [0.2, 0.25) is 5.95 Å². The fourth-order valence-electron chi connectivity index (χ4n) is 6.43. The van der Waals surface area contributed by atoms with Crippen molar-refractivity contribution in [3.63, 3.8) is 0 Å². The first-order chi connectivity index (χ1) is 24.0. The average molecular weight is 764 g/mol. The zero-order valence-electron chi connectivity index (χ0n) is 26.5. The molecule has 1 aromatic heterocycles. The van der Waals surface area contributed by atoms with Crippen molar-refractivity contribution in [3.05, 3.63) is 81.8 Å². The number of rotatable bonds is 10. The van der Waals surface area contributed by atoms with E-state index in [9.17, 15) is 33.4 Å². The lowest BCUT2D eigenvalue weighted by atomic mass is 9.94. The molecule has 3 aliphatic rings. The third-order valence-corrected chi connectivity index (χ3v) is 12.5. The summed E-state index contributed by atoms with van der Waals surface area (Å²) in [6.07, 6.45) is 4.24. The molecule has 18 nitrogen and oxygen atoms in total. The minimum Gasteiger partial charge on any atom is -0.390 e. The first-order valence-electron chi connectivity index (χ1n) is 15.4. The minimum atomic E-state index is -5.73. The molecule has 0 spiro atoms. The second-order valence-electron chi connectivity index (χ2n) is 12.2. The molecule has 7 rings (SSSR count). The molecule has 3 aromatic carbocycles. The lowest BCUT2D eigenvalue weighted by molar-refractivity contribution is -0.0215. The number of nitrogens with one attached hydrogen (secondary N) is 1. The molecule has 2 aliphatic heterocycles. The third kappa shape index (κ3) is 7.46. The molecule has 0 bridgehead atoms. The summed E-state index contributed by atoms with van der Waals surface area (Å²) in [5.41, 5.74) is 8.83. The molecule has 8 N–H and O–H groups in total. The predicted octanol–water partition coefficient (Wildman–Crippen LogP) is 3.86. The standard InChI is InChI=1S/C30H32N5O13P3/c1-16-2-4-19-11-20-7-6-18-5-3-17(10-22(18)23(20)12-21(16)19)8-9-34-15-35(28-27(34)29(37)33-30(31)32-28)26-13-24(36)25(46-26)14-45-50(41,42)48-51(43,44)47-49(38,39)40/h2-12,16,24-26,36H,13-15H2,1H3,(H,41,42)(H,43,44)(H2,38,39,40)(H3,31,32,33,37)/b9-8+.